The molecule has 3 atom stereocenters. The predicted octanol–water partition coefficient (Wildman–Crippen LogP) is 3.89. The molecule has 5 heteroatoms. The van der Waals surface area contributed by atoms with Gasteiger partial charge in [-0.1, -0.05) is 13.8 Å². The van der Waals surface area contributed by atoms with Crippen molar-refractivity contribution in [2.75, 3.05) is 19.4 Å². The zero-order valence-electron chi connectivity index (χ0n) is 12.6. The highest BCUT2D eigenvalue weighted by Gasteiger charge is 2.35. The van der Waals surface area contributed by atoms with Gasteiger partial charge in [0.1, 0.15) is 5.78 Å². The minimum Gasteiger partial charge on any atom is -0.309 e. The van der Waals surface area contributed by atoms with Crippen LogP contribution in [-0.2, 0) is 18.4 Å². The molecule has 0 bridgehead atoms. The molecule has 4 nitrogen and oxygen atoms in total. The van der Waals surface area contributed by atoms with Crippen LogP contribution in [0.3, 0.4) is 0 Å². The highest BCUT2D eigenvalue weighted by atomic mass is 31.2. The Morgan fingerprint density at radius 1 is 1.26 bits per heavy atom. The lowest BCUT2D eigenvalue weighted by Crippen LogP contribution is -2.30. The van der Waals surface area contributed by atoms with Crippen LogP contribution in [-0.4, -0.2) is 25.2 Å². The van der Waals surface area contributed by atoms with E-state index >= 15 is 0 Å². The molecule has 1 fully saturated rings. The van der Waals surface area contributed by atoms with Crippen molar-refractivity contribution in [2.24, 2.45) is 17.8 Å². The lowest BCUT2D eigenvalue weighted by atomic mass is 9.76. The van der Waals surface area contributed by atoms with Gasteiger partial charge in [-0.25, -0.2) is 0 Å². The maximum absolute atomic E-state index is 12.5. The number of carbonyl (C=O) groups is 1. The number of rotatable bonds is 7. The number of hydrogen-bond donors (Lipinski definition) is 0. The van der Waals surface area contributed by atoms with E-state index in [1.54, 1.807) is 0 Å². The number of carbonyl (C=O) groups excluding carboxylic acids is 1. The Kier molecular flexibility index (Phi) is 6.72. The van der Waals surface area contributed by atoms with E-state index in [1.807, 2.05) is 20.8 Å². The van der Waals surface area contributed by atoms with Gasteiger partial charge in [-0.3, -0.25) is 9.36 Å². The Morgan fingerprint density at radius 3 is 2.32 bits per heavy atom. The molecule has 0 saturated heterocycles. The summed E-state index contributed by atoms with van der Waals surface area (Å²) in [4.78, 5) is 12.1. The van der Waals surface area contributed by atoms with E-state index in [4.69, 9.17) is 9.05 Å². The number of Topliss-reactive ketones (excluding diaryl/α,β-unsaturated/α-hetero) is 1. The fraction of sp³-hybridized carbons (Fsp3) is 0.929. The Balaban J connectivity index is 2.63. The van der Waals surface area contributed by atoms with Crippen LogP contribution in [0.15, 0.2) is 0 Å². The van der Waals surface area contributed by atoms with E-state index in [2.05, 4.69) is 6.92 Å². The molecule has 3 unspecified atom stereocenters. The van der Waals surface area contributed by atoms with Gasteiger partial charge in [0.05, 0.1) is 19.4 Å². The summed E-state index contributed by atoms with van der Waals surface area (Å²) >= 11 is 0. The topological polar surface area (TPSA) is 52.6 Å². The highest BCUT2D eigenvalue weighted by molar-refractivity contribution is 7.53. The van der Waals surface area contributed by atoms with Gasteiger partial charge >= 0.3 is 7.60 Å². The first kappa shape index (κ1) is 16.9. The fourth-order valence-electron chi connectivity index (χ4n) is 2.84. The maximum atomic E-state index is 12.5. The minimum atomic E-state index is -3.04. The quantitative estimate of drug-likeness (QED) is 0.667. The van der Waals surface area contributed by atoms with Crippen LogP contribution < -0.4 is 0 Å². The lowest BCUT2D eigenvalue weighted by molar-refractivity contribution is -0.127. The Labute approximate surface area is 116 Å². The van der Waals surface area contributed by atoms with Crippen molar-refractivity contribution in [3.05, 3.63) is 0 Å². The largest absolute Gasteiger partial charge is 0.330 e. The van der Waals surface area contributed by atoms with E-state index in [0.29, 0.717) is 37.5 Å². The SMILES string of the molecule is CCOP(=O)(CC(C)C1CCC(C)CC1=O)OCC. The summed E-state index contributed by atoms with van der Waals surface area (Å²) in [7, 11) is -3.04. The molecule has 0 aromatic rings. The molecule has 0 aromatic heterocycles. The zero-order chi connectivity index (χ0) is 14.5. The van der Waals surface area contributed by atoms with Crippen LogP contribution in [0.5, 0.6) is 0 Å². The second-order valence-corrected chi connectivity index (χ2v) is 7.67. The molecule has 0 spiro atoms. The van der Waals surface area contributed by atoms with Crippen molar-refractivity contribution >= 4 is 13.4 Å². The van der Waals surface area contributed by atoms with Crippen LogP contribution in [0.2, 0.25) is 0 Å². The molecule has 0 heterocycles. The van der Waals surface area contributed by atoms with Crippen molar-refractivity contribution in [2.45, 2.75) is 47.0 Å². The van der Waals surface area contributed by atoms with Crippen molar-refractivity contribution in [3.8, 4) is 0 Å². The normalized spacial score (nSPS) is 26.4. The first-order valence-corrected chi connectivity index (χ1v) is 9.05. The van der Waals surface area contributed by atoms with Gasteiger partial charge in [0.15, 0.2) is 0 Å². The molecule has 0 aliphatic heterocycles. The number of hydrogen-bond acceptors (Lipinski definition) is 4. The van der Waals surface area contributed by atoms with Gasteiger partial charge < -0.3 is 9.05 Å². The summed E-state index contributed by atoms with van der Waals surface area (Å²) in [5.41, 5.74) is 0. The molecule has 1 aliphatic rings. The maximum Gasteiger partial charge on any atom is 0.330 e. The van der Waals surface area contributed by atoms with Crippen molar-refractivity contribution in [1.82, 2.24) is 0 Å². The van der Waals surface area contributed by atoms with Crippen LogP contribution in [0, 0.1) is 17.8 Å². The molecule has 19 heavy (non-hydrogen) atoms. The Hall–Kier alpha value is -0.180. The van der Waals surface area contributed by atoms with E-state index in [0.717, 1.165) is 12.8 Å². The standard InChI is InChI=1S/C14H27O4P/c1-5-17-19(16,18-6-2)10-12(4)13-8-7-11(3)9-14(13)15/h11-13H,5-10H2,1-4H3. The van der Waals surface area contributed by atoms with Crippen molar-refractivity contribution < 1.29 is 18.4 Å². The van der Waals surface area contributed by atoms with Crippen LogP contribution in [0.4, 0.5) is 0 Å². The van der Waals surface area contributed by atoms with Gasteiger partial charge in [-0.15, -0.1) is 0 Å². The number of ketones is 1. The molecule has 1 aliphatic carbocycles. The molecule has 1 rings (SSSR count). The summed E-state index contributed by atoms with van der Waals surface area (Å²) < 4.78 is 23.1. The third-order valence-electron chi connectivity index (χ3n) is 3.78. The van der Waals surface area contributed by atoms with Crippen LogP contribution in [0.25, 0.3) is 0 Å². The van der Waals surface area contributed by atoms with Gasteiger partial charge in [0, 0.05) is 12.3 Å². The minimum absolute atomic E-state index is 0.0189. The molecular formula is C14H27O4P. The van der Waals surface area contributed by atoms with Crippen LogP contribution in [0.1, 0.15) is 47.0 Å². The first-order chi connectivity index (χ1) is 8.91. The van der Waals surface area contributed by atoms with Crippen molar-refractivity contribution in [3.63, 3.8) is 0 Å². The van der Waals surface area contributed by atoms with Gasteiger partial charge in [-0.2, -0.15) is 0 Å². The summed E-state index contributed by atoms with van der Waals surface area (Å²) in [5, 5.41) is 0. The average Bonchev–Trinajstić information content (AvgIpc) is 2.28. The fourth-order valence-corrected chi connectivity index (χ4v) is 4.87. The molecule has 0 radical (unpaired) electrons. The highest BCUT2D eigenvalue weighted by Crippen LogP contribution is 2.51. The molecule has 1 saturated carbocycles. The summed E-state index contributed by atoms with van der Waals surface area (Å²) in [6.07, 6.45) is 2.98. The Morgan fingerprint density at radius 2 is 1.84 bits per heavy atom. The Bertz CT molecular complexity index is 332. The molecule has 0 amide bonds. The third kappa shape index (κ3) is 5.02. The van der Waals surface area contributed by atoms with E-state index in [-0.39, 0.29) is 11.8 Å². The monoisotopic (exact) mass is 290 g/mol. The average molecular weight is 290 g/mol. The van der Waals surface area contributed by atoms with Gasteiger partial charge in [0.25, 0.3) is 0 Å². The first-order valence-electron chi connectivity index (χ1n) is 7.32. The molecular weight excluding hydrogens is 263 g/mol. The second-order valence-electron chi connectivity index (χ2n) is 5.57. The van der Waals surface area contributed by atoms with Gasteiger partial charge in [-0.05, 0) is 38.5 Å². The molecule has 0 aromatic carbocycles. The van der Waals surface area contributed by atoms with E-state index in [9.17, 15) is 9.36 Å². The smallest absolute Gasteiger partial charge is 0.309 e. The van der Waals surface area contributed by atoms with E-state index in [1.165, 1.54) is 0 Å². The lowest BCUT2D eigenvalue weighted by Gasteiger charge is -2.31. The molecule has 112 valence electrons. The summed E-state index contributed by atoms with van der Waals surface area (Å²) in [6, 6.07) is 0. The zero-order valence-corrected chi connectivity index (χ0v) is 13.4. The molecule has 0 N–H and O–H groups in total. The second kappa shape index (κ2) is 7.56. The predicted molar refractivity (Wildman–Crippen MR) is 76.4 cm³/mol. The van der Waals surface area contributed by atoms with Gasteiger partial charge in [0.2, 0.25) is 0 Å². The van der Waals surface area contributed by atoms with Crippen LogP contribution >= 0.6 is 7.60 Å². The van der Waals surface area contributed by atoms with E-state index < -0.39 is 7.60 Å². The third-order valence-corrected chi connectivity index (χ3v) is 6.11. The summed E-state index contributed by atoms with van der Waals surface area (Å²) in [6.45, 7) is 8.47. The summed E-state index contributed by atoms with van der Waals surface area (Å²) in [5.74, 6) is 0.877. The van der Waals surface area contributed by atoms with Crippen molar-refractivity contribution in [1.29, 1.82) is 0 Å².